The third-order valence-corrected chi connectivity index (χ3v) is 2.96. The number of phenols is 1. The fraction of sp³-hybridized carbons (Fsp3) is 0.0625. The van der Waals surface area contributed by atoms with Crippen LogP contribution in [0, 0.1) is 5.82 Å². The number of aromatic carboxylic acids is 1. The maximum atomic E-state index is 12.9. The molecule has 0 radical (unpaired) electrons. The molecule has 0 saturated heterocycles. The predicted molar refractivity (Wildman–Crippen MR) is 74.4 cm³/mol. The molecule has 0 amide bonds. The lowest BCUT2D eigenvalue weighted by atomic mass is 9.97. The van der Waals surface area contributed by atoms with Gasteiger partial charge in [0.15, 0.2) is 0 Å². The lowest BCUT2D eigenvalue weighted by Crippen LogP contribution is -2.00. The van der Waals surface area contributed by atoms with Crippen LogP contribution in [0.3, 0.4) is 0 Å². The molecular formula is C16H13FO3. The molecule has 0 atom stereocenters. The first-order valence-corrected chi connectivity index (χ1v) is 5.99. The molecule has 0 saturated carbocycles. The van der Waals surface area contributed by atoms with Crippen molar-refractivity contribution in [2.24, 2.45) is 0 Å². The number of aromatic hydroxyl groups is 1. The van der Waals surface area contributed by atoms with Crippen LogP contribution in [0.5, 0.6) is 5.75 Å². The Balaban J connectivity index is 2.61. The van der Waals surface area contributed by atoms with E-state index in [1.165, 1.54) is 18.2 Å². The van der Waals surface area contributed by atoms with Crippen molar-refractivity contribution in [3.63, 3.8) is 0 Å². The van der Waals surface area contributed by atoms with E-state index in [0.29, 0.717) is 23.1 Å². The van der Waals surface area contributed by atoms with Crippen molar-refractivity contribution in [2.75, 3.05) is 0 Å². The van der Waals surface area contributed by atoms with E-state index in [9.17, 15) is 14.3 Å². The van der Waals surface area contributed by atoms with Gasteiger partial charge >= 0.3 is 5.97 Å². The van der Waals surface area contributed by atoms with E-state index in [1.54, 1.807) is 24.3 Å². The van der Waals surface area contributed by atoms with Gasteiger partial charge in [0.05, 0.1) is 0 Å². The number of carboxylic acids is 1. The highest BCUT2D eigenvalue weighted by Crippen LogP contribution is 2.31. The molecule has 0 unspecified atom stereocenters. The quantitative estimate of drug-likeness (QED) is 0.836. The Morgan fingerprint density at radius 2 is 1.85 bits per heavy atom. The van der Waals surface area contributed by atoms with Crippen molar-refractivity contribution in [1.82, 2.24) is 0 Å². The van der Waals surface area contributed by atoms with E-state index in [1.807, 2.05) is 0 Å². The van der Waals surface area contributed by atoms with Gasteiger partial charge in [-0.2, -0.15) is 0 Å². The number of allylic oxidation sites excluding steroid dienone is 1. The van der Waals surface area contributed by atoms with Crippen LogP contribution in [-0.2, 0) is 6.42 Å². The van der Waals surface area contributed by atoms with E-state index in [0.717, 1.165) is 0 Å². The number of hydrogen-bond acceptors (Lipinski definition) is 2. The van der Waals surface area contributed by atoms with Gasteiger partial charge in [-0.1, -0.05) is 18.2 Å². The van der Waals surface area contributed by atoms with E-state index in [2.05, 4.69) is 6.58 Å². The summed E-state index contributed by atoms with van der Waals surface area (Å²) in [5.74, 6) is -1.84. The first kappa shape index (κ1) is 13.8. The topological polar surface area (TPSA) is 57.5 Å². The zero-order valence-electron chi connectivity index (χ0n) is 10.6. The van der Waals surface area contributed by atoms with Crippen LogP contribution in [0.1, 0.15) is 15.9 Å². The highest BCUT2D eigenvalue weighted by Gasteiger charge is 2.15. The lowest BCUT2D eigenvalue weighted by Gasteiger charge is -2.10. The summed E-state index contributed by atoms with van der Waals surface area (Å²) in [6.45, 7) is 3.58. The molecule has 2 rings (SSSR count). The zero-order chi connectivity index (χ0) is 14.7. The van der Waals surface area contributed by atoms with Gasteiger partial charge in [0.1, 0.15) is 17.1 Å². The molecule has 102 valence electrons. The van der Waals surface area contributed by atoms with E-state index < -0.39 is 5.97 Å². The second-order valence-corrected chi connectivity index (χ2v) is 4.34. The van der Waals surface area contributed by atoms with Gasteiger partial charge < -0.3 is 10.2 Å². The van der Waals surface area contributed by atoms with Crippen LogP contribution in [-0.4, -0.2) is 16.2 Å². The van der Waals surface area contributed by atoms with Crippen LogP contribution in [0.4, 0.5) is 4.39 Å². The first-order valence-electron chi connectivity index (χ1n) is 5.99. The van der Waals surface area contributed by atoms with Crippen LogP contribution < -0.4 is 0 Å². The largest absolute Gasteiger partial charge is 0.507 e. The summed E-state index contributed by atoms with van der Waals surface area (Å²) in [6.07, 6.45) is 1.93. The number of hydrogen-bond donors (Lipinski definition) is 2. The van der Waals surface area contributed by atoms with Crippen molar-refractivity contribution in [1.29, 1.82) is 0 Å². The van der Waals surface area contributed by atoms with Gasteiger partial charge in [0, 0.05) is 0 Å². The second-order valence-electron chi connectivity index (χ2n) is 4.34. The number of carbonyl (C=O) groups is 1. The Kier molecular flexibility index (Phi) is 3.84. The number of carboxylic acid groups (broad SMARTS) is 1. The maximum absolute atomic E-state index is 12.9. The number of rotatable bonds is 4. The molecule has 0 aliphatic heterocycles. The summed E-state index contributed by atoms with van der Waals surface area (Å²) >= 11 is 0. The Hall–Kier alpha value is -2.62. The Labute approximate surface area is 115 Å². The molecule has 0 spiro atoms. The molecule has 2 aromatic carbocycles. The van der Waals surface area contributed by atoms with Gasteiger partial charge in [-0.15, -0.1) is 6.58 Å². The summed E-state index contributed by atoms with van der Waals surface area (Å²) in [5.41, 5.74) is 1.58. The number of benzene rings is 2. The summed E-state index contributed by atoms with van der Waals surface area (Å²) in [7, 11) is 0. The molecule has 0 aliphatic carbocycles. The second kappa shape index (κ2) is 5.57. The minimum atomic E-state index is -1.21. The SMILES string of the molecule is C=CCc1cc(-c2ccc(F)cc2)cc(C(=O)O)c1O. The van der Waals surface area contributed by atoms with Gasteiger partial charge in [-0.05, 0) is 47.4 Å². The molecule has 20 heavy (non-hydrogen) atoms. The fourth-order valence-electron chi connectivity index (χ4n) is 1.98. The van der Waals surface area contributed by atoms with Crippen LogP contribution >= 0.6 is 0 Å². The molecule has 0 aliphatic rings. The number of halogens is 1. The van der Waals surface area contributed by atoms with Crippen molar-refractivity contribution in [3.8, 4) is 16.9 Å². The smallest absolute Gasteiger partial charge is 0.339 e. The maximum Gasteiger partial charge on any atom is 0.339 e. The Morgan fingerprint density at radius 3 is 2.40 bits per heavy atom. The van der Waals surface area contributed by atoms with Gasteiger partial charge in [-0.25, -0.2) is 9.18 Å². The molecule has 0 fully saturated rings. The van der Waals surface area contributed by atoms with Crippen molar-refractivity contribution in [2.45, 2.75) is 6.42 Å². The molecule has 0 heterocycles. The minimum absolute atomic E-state index is 0.177. The van der Waals surface area contributed by atoms with E-state index in [4.69, 9.17) is 5.11 Å². The molecule has 0 aromatic heterocycles. The minimum Gasteiger partial charge on any atom is -0.507 e. The van der Waals surface area contributed by atoms with E-state index in [-0.39, 0.29) is 17.1 Å². The molecule has 0 bridgehead atoms. The van der Waals surface area contributed by atoms with Crippen molar-refractivity contribution < 1.29 is 19.4 Å². The predicted octanol–water partition coefficient (Wildman–Crippen LogP) is 3.63. The lowest BCUT2D eigenvalue weighted by molar-refractivity contribution is 0.0693. The van der Waals surface area contributed by atoms with Crippen LogP contribution in [0.15, 0.2) is 49.1 Å². The third kappa shape index (κ3) is 2.69. The van der Waals surface area contributed by atoms with Crippen LogP contribution in [0.25, 0.3) is 11.1 Å². The van der Waals surface area contributed by atoms with E-state index >= 15 is 0 Å². The Morgan fingerprint density at radius 1 is 1.20 bits per heavy atom. The molecule has 2 N–H and O–H groups in total. The van der Waals surface area contributed by atoms with Crippen LogP contribution in [0.2, 0.25) is 0 Å². The first-order chi connectivity index (χ1) is 9.52. The Bertz CT molecular complexity index is 660. The normalized spacial score (nSPS) is 10.2. The summed E-state index contributed by atoms with van der Waals surface area (Å²) < 4.78 is 12.9. The zero-order valence-corrected chi connectivity index (χ0v) is 10.6. The molecular weight excluding hydrogens is 259 g/mol. The molecule has 3 nitrogen and oxygen atoms in total. The van der Waals surface area contributed by atoms with Crippen molar-refractivity contribution in [3.05, 3.63) is 66.0 Å². The summed E-state index contributed by atoms with van der Waals surface area (Å²) in [5, 5.41) is 19.0. The third-order valence-electron chi connectivity index (χ3n) is 2.96. The average molecular weight is 272 g/mol. The summed E-state index contributed by atoms with van der Waals surface area (Å²) in [4.78, 5) is 11.2. The molecule has 2 aromatic rings. The van der Waals surface area contributed by atoms with Gasteiger partial charge in [0.2, 0.25) is 0 Å². The van der Waals surface area contributed by atoms with Gasteiger partial charge in [-0.3, -0.25) is 0 Å². The standard InChI is InChI=1S/C16H13FO3/c1-2-3-11-8-12(9-14(15(11)18)16(19)20)10-4-6-13(17)7-5-10/h2,4-9,18H,1,3H2,(H,19,20). The highest BCUT2D eigenvalue weighted by molar-refractivity contribution is 5.93. The highest BCUT2D eigenvalue weighted by atomic mass is 19.1. The summed E-state index contributed by atoms with van der Waals surface area (Å²) in [6, 6.07) is 8.77. The van der Waals surface area contributed by atoms with Gasteiger partial charge in [0.25, 0.3) is 0 Å². The van der Waals surface area contributed by atoms with Crippen molar-refractivity contribution >= 4 is 5.97 Å². The molecule has 4 heteroatoms. The average Bonchev–Trinajstić information content (AvgIpc) is 2.42. The fourth-order valence-corrected chi connectivity index (χ4v) is 1.98. The monoisotopic (exact) mass is 272 g/mol.